The molecule has 2 nitrogen and oxygen atoms in total. The van der Waals surface area contributed by atoms with Crippen molar-refractivity contribution in [1.82, 2.24) is 4.90 Å². The second-order valence-corrected chi connectivity index (χ2v) is 4.67. The molecule has 0 amide bonds. The SMILES string of the molecule is CCOCCCc1cccc(CCN(C)C)c1. The van der Waals surface area contributed by atoms with Crippen LogP contribution in [0.3, 0.4) is 0 Å². The maximum absolute atomic E-state index is 5.36. The number of hydrogen-bond donors (Lipinski definition) is 0. The summed E-state index contributed by atoms with van der Waals surface area (Å²) in [5.74, 6) is 0. The third kappa shape index (κ3) is 6.44. The second-order valence-electron chi connectivity index (χ2n) is 4.67. The van der Waals surface area contributed by atoms with Gasteiger partial charge in [0.25, 0.3) is 0 Å². The minimum absolute atomic E-state index is 0.822. The number of ether oxygens (including phenoxy) is 1. The molecule has 1 rings (SSSR count). The van der Waals surface area contributed by atoms with Crippen molar-refractivity contribution < 1.29 is 4.74 Å². The Morgan fingerprint density at radius 2 is 1.82 bits per heavy atom. The molecule has 0 bridgehead atoms. The number of nitrogens with zero attached hydrogens (tertiary/aromatic N) is 1. The van der Waals surface area contributed by atoms with E-state index in [4.69, 9.17) is 4.74 Å². The van der Waals surface area contributed by atoms with Crippen LogP contribution in [0.2, 0.25) is 0 Å². The van der Waals surface area contributed by atoms with Crippen LogP contribution in [0.5, 0.6) is 0 Å². The van der Waals surface area contributed by atoms with Crippen LogP contribution in [0.4, 0.5) is 0 Å². The Kier molecular flexibility index (Phi) is 6.90. The molecule has 1 aromatic carbocycles. The first-order valence-electron chi connectivity index (χ1n) is 6.52. The first-order valence-corrected chi connectivity index (χ1v) is 6.52. The molecule has 0 aliphatic rings. The van der Waals surface area contributed by atoms with Crippen molar-refractivity contribution in [2.45, 2.75) is 26.2 Å². The normalized spacial score (nSPS) is 11.1. The van der Waals surface area contributed by atoms with Crippen molar-refractivity contribution in [2.75, 3.05) is 33.9 Å². The highest BCUT2D eigenvalue weighted by atomic mass is 16.5. The molecular formula is C15H25NO. The summed E-state index contributed by atoms with van der Waals surface area (Å²) in [6, 6.07) is 8.93. The summed E-state index contributed by atoms with van der Waals surface area (Å²) in [4.78, 5) is 2.22. The lowest BCUT2D eigenvalue weighted by molar-refractivity contribution is 0.145. The van der Waals surface area contributed by atoms with Gasteiger partial charge in [-0.3, -0.25) is 0 Å². The molecule has 0 saturated carbocycles. The zero-order valence-corrected chi connectivity index (χ0v) is 11.4. The third-order valence-corrected chi connectivity index (χ3v) is 2.80. The Morgan fingerprint density at radius 3 is 2.47 bits per heavy atom. The zero-order chi connectivity index (χ0) is 12.5. The highest BCUT2D eigenvalue weighted by molar-refractivity contribution is 5.23. The molecule has 2 heteroatoms. The second kappa shape index (κ2) is 8.26. The first-order chi connectivity index (χ1) is 8.22. The van der Waals surface area contributed by atoms with E-state index in [1.807, 2.05) is 6.92 Å². The Bertz CT molecular complexity index is 310. The van der Waals surface area contributed by atoms with Gasteiger partial charge in [0.2, 0.25) is 0 Å². The number of benzene rings is 1. The summed E-state index contributed by atoms with van der Waals surface area (Å²) in [5, 5.41) is 0. The molecule has 0 radical (unpaired) electrons. The highest BCUT2D eigenvalue weighted by Crippen LogP contribution is 2.08. The molecule has 17 heavy (non-hydrogen) atoms. The van der Waals surface area contributed by atoms with Crippen molar-refractivity contribution in [1.29, 1.82) is 0 Å². The van der Waals surface area contributed by atoms with E-state index in [-0.39, 0.29) is 0 Å². The maximum atomic E-state index is 5.36. The van der Waals surface area contributed by atoms with Crippen molar-refractivity contribution in [3.63, 3.8) is 0 Å². The number of likely N-dealkylation sites (N-methyl/N-ethyl adjacent to an activating group) is 1. The lowest BCUT2D eigenvalue weighted by Crippen LogP contribution is -2.15. The first kappa shape index (κ1) is 14.2. The summed E-state index contributed by atoms with van der Waals surface area (Å²) in [6.45, 7) is 4.85. The van der Waals surface area contributed by atoms with Crippen LogP contribution in [0.1, 0.15) is 24.5 Å². The monoisotopic (exact) mass is 235 g/mol. The van der Waals surface area contributed by atoms with Crippen molar-refractivity contribution in [3.8, 4) is 0 Å². The summed E-state index contributed by atoms with van der Waals surface area (Å²) < 4.78 is 5.36. The van der Waals surface area contributed by atoms with Gasteiger partial charge in [-0.05, 0) is 51.4 Å². The Hall–Kier alpha value is -0.860. The van der Waals surface area contributed by atoms with E-state index in [0.717, 1.165) is 39.0 Å². The molecule has 1 aromatic rings. The Labute approximate surface area is 106 Å². The van der Waals surface area contributed by atoms with E-state index in [1.165, 1.54) is 11.1 Å². The lowest BCUT2D eigenvalue weighted by atomic mass is 10.0. The van der Waals surface area contributed by atoms with Crippen LogP contribution in [-0.2, 0) is 17.6 Å². The zero-order valence-electron chi connectivity index (χ0n) is 11.4. The fourth-order valence-electron chi connectivity index (χ4n) is 1.82. The van der Waals surface area contributed by atoms with Gasteiger partial charge in [0, 0.05) is 19.8 Å². The number of aryl methyl sites for hydroxylation is 1. The summed E-state index contributed by atoms with van der Waals surface area (Å²) >= 11 is 0. The van der Waals surface area contributed by atoms with Crippen LogP contribution >= 0.6 is 0 Å². The average Bonchev–Trinajstić information content (AvgIpc) is 2.33. The van der Waals surface area contributed by atoms with E-state index in [2.05, 4.69) is 43.3 Å². The fourth-order valence-corrected chi connectivity index (χ4v) is 1.82. The van der Waals surface area contributed by atoms with Crippen molar-refractivity contribution >= 4 is 0 Å². The van der Waals surface area contributed by atoms with Crippen LogP contribution < -0.4 is 0 Å². The van der Waals surface area contributed by atoms with Gasteiger partial charge in [-0.2, -0.15) is 0 Å². The third-order valence-electron chi connectivity index (χ3n) is 2.80. The van der Waals surface area contributed by atoms with Gasteiger partial charge in [0.1, 0.15) is 0 Å². The summed E-state index contributed by atoms with van der Waals surface area (Å²) in [7, 11) is 4.23. The summed E-state index contributed by atoms with van der Waals surface area (Å²) in [5.41, 5.74) is 2.87. The lowest BCUT2D eigenvalue weighted by Gasteiger charge is -2.10. The minimum Gasteiger partial charge on any atom is -0.382 e. The van der Waals surface area contributed by atoms with Crippen LogP contribution in [0.15, 0.2) is 24.3 Å². The number of rotatable bonds is 8. The van der Waals surface area contributed by atoms with Crippen LogP contribution in [0, 0.1) is 0 Å². The topological polar surface area (TPSA) is 12.5 Å². The average molecular weight is 235 g/mol. The molecule has 0 aliphatic heterocycles. The van der Waals surface area contributed by atoms with Gasteiger partial charge in [0.05, 0.1) is 0 Å². The molecule has 0 spiro atoms. The largest absolute Gasteiger partial charge is 0.382 e. The predicted molar refractivity (Wildman–Crippen MR) is 73.5 cm³/mol. The van der Waals surface area contributed by atoms with E-state index < -0.39 is 0 Å². The Balaban J connectivity index is 2.37. The van der Waals surface area contributed by atoms with E-state index in [1.54, 1.807) is 0 Å². The molecule has 0 heterocycles. The standard InChI is InChI=1S/C15H25NO/c1-4-17-12-6-9-14-7-5-8-15(13-14)10-11-16(2)3/h5,7-8,13H,4,6,9-12H2,1-3H3. The van der Waals surface area contributed by atoms with Crippen molar-refractivity contribution in [2.24, 2.45) is 0 Å². The van der Waals surface area contributed by atoms with Crippen LogP contribution in [0.25, 0.3) is 0 Å². The smallest absolute Gasteiger partial charge is 0.0469 e. The maximum Gasteiger partial charge on any atom is 0.0469 e. The molecular weight excluding hydrogens is 210 g/mol. The fraction of sp³-hybridized carbons (Fsp3) is 0.600. The molecule has 0 aromatic heterocycles. The van der Waals surface area contributed by atoms with Gasteiger partial charge in [0.15, 0.2) is 0 Å². The molecule has 0 unspecified atom stereocenters. The Morgan fingerprint density at radius 1 is 1.12 bits per heavy atom. The molecule has 0 saturated heterocycles. The molecule has 96 valence electrons. The molecule has 0 atom stereocenters. The van der Waals surface area contributed by atoms with Gasteiger partial charge >= 0.3 is 0 Å². The van der Waals surface area contributed by atoms with E-state index in [9.17, 15) is 0 Å². The van der Waals surface area contributed by atoms with Gasteiger partial charge in [-0.25, -0.2) is 0 Å². The predicted octanol–water partition coefficient (Wildman–Crippen LogP) is 2.76. The van der Waals surface area contributed by atoms with Gasteiger partial charge < -0.3 is 9.64 Å². The van der Waals surface area contributed by atoms with Gasteiger partial charge in [-0.15, -0.1) is 0 Å². The number of hydrogen-bond acceptors (Lipinski definition) is 2. The van der Waals surface area contributed by atoms with Gasteiger partial charge in [-0.1, -0.05) is 24.3 Å². The van der Waals surface area contributed by atoms with Crippen LogP contribution in [-0.4, -0.2) is 38.8 Å². The molecule has 0 fully saturated rings. The summed E-state index contributed by atoms with van der Waals surface area (Å²) in [6.07, 6.45) is 3.37. The minimum atomic E-state index is 0.822. The highest BCUT2D eigenvalue weighted by Gasteiger charge is 1.98. The molecule has 0 aliphatic carbocycles. The quantitative estimate of drug-likeness (QED) is 0.642. The molecule has 0 N–H and O–H groups in total. The van der Waals surface area contributed by atoms with Crippen molar-refractivity contribution in [3.05, 3.63) is 35.4 Å². The van der Waals surface area contributed by atoms with E-state index >= 15 is 0 Å². The van der Waals surface area contributed by atoms with E-state index in [0.29, 0.717) is 0 Å².